The summed E-state index contributed by atoms with van der Waals surface area (Å²) in [4.78, 5) is 23.8. The van der Waals surface area contributed by atoms with E-state index in [-0.39, 0.29) is 5.91 Å². The van der Waals surface area contributed by atoms with Crippen molar-refractivity contribution in [1.82, 2.24) is 4.90 Å². The molecule has 0 aromatic heterocycles. The van der Waals surface area contributed by atoms with Gasteiger partial charge in [0.1, 0.15) is 5.92 Å². The van der Waals surface area contributed by atoms with Crippen LogP contribution in [0.2, 0.25) is 0 Å². The number of carbonyl (C=O) groups excluding carboxylic acids is 1. The first kappa shape index (κ1) is 32.0. The Balaban J connectivity index is 1.97. The van der Waals surface area contributed by atoms with E-state index in [0.717, 1.165) is 57.5 Å². The number of unbranched alkanes of at least 4 members (excludes halogenated alkanes) is 3. The van der Waals surface area contributed by atoms with Gasteiger partial charge in [-0.05, 0) is 108 Å². The second-order valence-corrected chi connectivity index (χ2v) is 11.7. The van der Waals surface area contributed by atoms with Crippen LogP contribution in [-0.4, -0.2) is 49.2 Å². The van der Waals surface area contributed by atoms with Gasteiger partial charge in [-0.15, -0.1) is 0 Å². The summed E-state index contributed by atoms with van der Waals surface area (Å²) in [5.74, 6) is -0.399. The van der Waals surface area contributed by atoms with Gasteiger partial charge in [0.2, 0.25) is 5.91 Å². The molecule has 2 aliphatic rings. The van der Waals surface area contributed by atoms with E-state index in [2.05, 4.69) is 80.9 Å². The van der Waals surface area contributed by atoms with Crippen LogP contribution in [0.3, 0.4) is 0 Å². The molecule has 5 nitrogen and oxygen atoms in total. The standard InChI is InChI=1S/C35H56N4O/c1-7-11-12-14-17-32-27(5)25-28(6)39(10-4)34(31(32)9-3)33(26-36-22-8-2)35(40)37-29-18-20-30(21-19-29)38-23-15-13-16-24-38/h18-21,26,28,33H,7-17,22-25H2,1-6H3,(H,37,40). The monoisotopic (exact) mass is 548 g/mol. The van der Waals surface area contributed by atoms with Crippen molar-refractivity contribution in [3.05, 3.63) is 46.7 Å². The fourth-order valence-electron chi connectivity index (χ4n) is 6.53. The number of amides is 1. The molecular formula is C35H56N4O. The molecule has 0 bridgehead atoms. The van der Waals surface area contributed by atoms with Crippen molar-refractivity contribution in [1.29, 1.82) is 0 Å². The SMILES string of the molecule is CCCCCCC1=C(C)CC(C)N(CC)C(C(C=NCCC)C(=O)Nc2ccc(N3CCCCC3)cc2)=C1CC. The van der Waals surface area contributed by atoms with Gasteiger partial charge in [-0.1, -0.05) is 45.6 Å². The van der Waals surface area contributed by atoms with E-state index >= 15 is 0 Å². The molecule has 40 heavy (non-hydrogen) atoms. The van der Waals surface area contributed by atoms with Gasteiger partial charge in [-0.25, -0.2) is 0 Å². The highest BCUT2D eigenvalue weighted by Gasteiger charge is 2.33. The molecule has 2 aliphatic heterocycles. The summed E-state index contributed by atoms with van der Waals surface area (Å²) < 4.78 is 0. The van der Waals surface area contributed by atoms with Gasteiger partial charge >= 0.3 is 0 Å². The van der Waals surface area contributed by atoms with Crippen molar-refractivity contribution in [3.8, 4) is 0 Å². The number of nitrogens with one attached hydrogen (secondary N) is 1. The Labute approximate surface area is 245 Å². The average Bonchev–Trinajstić information content (AvgIpc) is 3.06. The van der Waals surface area contributed by atoms with Crippen molar-refractivity contribution in [2.24, 2.45) is 10.9 Å². The molecule has 2 heterocycles. The van der Waals surface area contributed by atoms with Crippen LogP contribution in [0.1, 0.15) is 112 Å². The molecule has 3 rings (SSSR count). The molecule has 0 radical (unpaired) electrons. The molecule has 1 N–H and O–H groups in total. The summed E-state index contributed by atoms with van der Waals surface area (Å²) >= 11 is 0. The topological polar surface area (TPSA) is 47.9 Å². The van der Waals surface area contributed by atoms with E-state index in [1.807, 2.05) is 6.21 Å². The Morgan fingerprint density at radius 1 is 1.00 bits per heavy atom. The highest BCUT2D eigenvalue weighted by Crippen LogP contribution is 2.38. The summed E-state index contributed by atoms with van der Waals surface area (Å²) in [6, 6.07) is 8.78. The van der Waals surface area contributed by atoms with Gasteiger partial charge in [0.25, 0.3) is 0 Å². The molecule has 222 valence electrons. The Morgan fingerprint density at radius 3 is 2.35 bits per heavy atom. The minimum atomic E-state index is -0.415. The third-order valence-electron chi connectivity index (χ3n) is 8.65. The molecular weight excluding hydrogens is 492 g/mol. The Morgan fingerprint density at radius 2 is 1.73 bits per heavy atom. The number of carbonyl (C=O) groups is 1. The van der Waals surface area contributed by atoms with Gasteiger partial charge in [0.05, 0.1) is 0 Å². The average molecular weight is 549 g/mol. The van der Waals surface area contributed by atoms with Crippen LogP contribution < -0.4 is 10.2 Å². The smallest absolute Gasteiger partial charge is 0.238 e. The first-order valence-corrected chi connectivity index (χ1v) is 16.3. The van der Waals surface area contributed by atoms with Crippen LogP contribution in [0.5, 0.6) is 0 Å². The second kappa shape index (κ2) is 16.6. The number of hydrogen-bond donors (Lipinski definition) is 1. The molecule has 1 fully saturated rings. The normalized spacial score (nSPS) is 19.4. The first-order valence-electron chi connectivity index (χ1n) is 16.3. The highest BCUT2D eigenvalue weighted by atomic mass is 16.1. The molecule has 5 heteroatoms. The molecule has 1 amide bonds. The van der Waals surface area contributed by atoms with E-state index in [9.17, 15) is 4.79 Å². The van der Waals surface area contributed by atoms with Gasteiger partial charge in [0, 0.05) is 55.5 Å². The lowest BCUT2D eigenvalue weighted by Crippen LogP contribution is -2.40. The maximum Gasteiger partial charge on any atom is 0.238 e. The summed E-state index contributed by atoms with van der Waals surface area (Å²) in [6.07, 6.45) is 14.8. The molecule has 1 aromatic rings. The molecule has 0 saturated carbocycles. The number of nitrogens with zero attached hydrogens (tertiary/aromatic N) is 3. The Hall–Kier alpha value is -2.56. The zero-order chi connectivity index (χ0) is 28.9. The maximum atomic E-state index is 14.1. The number of rotatable bonds is 14. The lowest BCUT2D eigenvalue weighted by Gasteiger charge is -2.35. The van der Waals surface area contributed by atoms with Crippen molar-refractivity contribution in [3.63, 3.8) is 0 Å². The molecule has 1 aromatic carbocycles. The van der Waals surface area contributed by atoms with E-state index in [1.54, 1.807) is 0 Å². The fraction of sp³-hybridized carbons (Fsp3) is 0.657. The minimum absolute atomic E-state index is 0.0158. The Bertz CT molecular complexity index is 1020. The minimum Gasteiger partial charge on any atom is -0.372 e. The number of benzene rings is 1. The molecule has 2 atom stereocenters. The van der Waals surface area contributed by atoms with Crippen LogP contribution in [0.15, 0.2) is 51.7 Å². The molecule has 1 saturated heterocycles. The predicted molar refractivity (Wildman–Crippen MR) is 174 cm³/mol. The van der Waals surface area contributed by atoms with Crippen LogP contribution in [0, 0.1) is 5.92 Å². The van der Waals surface area contributed by atoms with E-state index in [0.29, 0.717) is 6.04 Å². The fourth-order valence-corrected chi connectivity index (χ4v) is 6.53. The Kier molecular flexibility index (Phi) is 13.3. The number of hydrogen-bond acceptors (Lipinski definition) is 4. The van der Waals surface area contributed by atoms with Crippen LogP contribution in [-0.2, 0) is 4.79 Å². The van der Waals surface area contributed by atoms with Crippen molar-refractivity contribution < 1.29 is 4.79 Å². The van der Waals surface area contributed by atoms with Gasteiger partial charge in [0.15, 0.2) is 0 Å². The van der Waals surface area contributed by atoms with Crippen molar-refractivity contribution in [2.75, 3.05) is 36.4 Å². The largest absolute Gasteiger partial charge is 0.372 e. The number of aliphatic imine (C=N–C) groups is 1. The van der Waals surface area contributed by atoms with E-state index < -0.39 is 5.92 Å². The van der Waals surface area contributed by atoms with Gasteiger partial charge < -0.3 is 15.1 Å². The third-order valence-corrected chi connectivity index (χ3v) is 8.65. The number of anilines is 2. The molecule has 0 aliphatic carbocycles. The number of piperidine rings is 1. The summed E-state index contributed by atoms with van der Waals surface area (Å²) in [6.45, 7) is 17.4. The van der Waals surface area contributed by atoms with Gasteiger partial charge in [-0.3, -0.25) is 9.79 Å². The molecule has 2 unspecified atom stereocenters. The molecule has 0 spiro atoms. The van der Waals surface area contributed by atoms with Crippen LogP contribution in [0.25, 0.3) is 0 Å². The quantitative estimate of drug-likeness (QED) is 0.187. The number of allylic oxidation sites excluding steroid dienone is 2. The third kappa shape index (κ3) is 8.47. The summed E-state index contributed by atoms with van der Waals surface area (Å²) in [5, 5.41) is 3.28. The first-order chi connectivity index (χ1) is 19.4. The highest BCUT2D eigenvalue weighted by molar-refractivity contribution is 6.04. The summed E-state index contributed by atoms with van der Waals surface area (Å²) in [5.41, 5.74) is 7.62. The predicted octanol–water partition coefficient (Wildman–Crippen LogP) is 8.78. The van der Waals surface area contributed by atoms with Crippen molar-refractivity contribution in [2.45, 2.75) is 118 Å². The van der Waals surface area contributed by atoms with Crippen LogP contribution >= 0.6 is 0 Å². The van der Waals surface area contributed by atoms with E-state index in [4.69, 9.17) is 4.99 Å². The van der Waals surface area contributed by atoms with Crippen LogP contribution in [0.4, 0.5) is 11.4 Å². The van der Waals surface area contributed by atoms with E-state index in [1.165, 1.54) is 73.0 Å². The van der Waals surface area contributed by atoms with Gasteiger partial charge in [-0.2, -0.15) is 0 Å². The van der Waals surface area contributed by atoms with Crippen molar-refractivity contribution >= 4 is 23.5 Å². The zero-order valence-corrected chi connectivity index (χ0v) is 26.4. The lowest BCUT2D eigenvalue weighted by atomic mass is 9.88. The maximum absolute atomic E-state index is 14.1. The lowest BCUT2D eigenvalue weighted by molar-refractivity contribution is -0.117. The second-order valence-electron chi connectivity index (χ2n) is 11.7. The summed E-state index contributed by atoms with van der Waals surface area (Å²) in [7, 11) is 0. The zero-order valence-electron chi connectivity index (χ0n) is 26.4.